The van der Waals surface area contributed by atoms with Crippen LogP contribution < -0.4 is 4.74 Å². The van der Waals surface area contributed by atoms with Crippen LogP contribution in [0.25, 0.3) is 0 Å². The Bertz CT molecular complexity index is 524. The van der Waals surface area contributed by atoms with Crippen LogP contribution in [-0.2, 0) is 0 Å². The topological polar surface area (TPSA) is 32.7 Å². The van der Waals surface area contributed by atoms with Gasteiger partial charge in [0.2, 0.25) is 0 Å². The summed E-state index contributed by atoms with van der Waals surface area (Å²) < 4.78 is 5.69. The van der Waals surface area contributed by atoms with Crippen molar-refractivity contribution >= 4 is 11.6 Å². The van der Waals surface area contributed by atoms with E-state index in [9.17, 15) is 5.11 Å². The molecule has 3 nitrogen and oxygen atoms in total. The molecule has 0 radical (unpaired) electrons. The van der Waals surface area contributed by atoms with Crippen molar-refractivity contribution in [3.05, 3.63) is 28.3 Å². The van der Waals surface area contributed by atoms with Crippen molar-refractivity contribution in [2.45, 2.75) is 39.3 Å². The molecule has 2 aliphatic heterocycles. The van der Waals surface area contributed by atoms with Gasteiger partial charge in [0.1, 0.15) is 18.5 Å². The molecule has 1 saturated heterocycles. The summed E-state index contributed by atoms with van der Waals surface area (Å²) in [6, 6.07) is 4.03. The van der Waals surface area contributed by atoms with E-state index in [0.717, 1.165) is 30.0 Å². The monoisotopic (exact) mass is 309 g/mol. The number of rotatable bonds is 1. The van der Waals surface area contributed by atoms with E-state index >= 15 is 0 Å². The smallest absolute Gasteiger partial charge is 0.142 e. The predicted molar refractivity (Wildman–Crippen MR) is 84.9 cm³/mol. The Morgan fingerprint density at radius 2 is 1.90 bits per heavy atom. The highest BCUT2D eigenvalue weighted by Crippen LogP contribution is 2.43. The van der Waals surface area contributed by atoms with Gasteiger partial charge in [0.05, 0.1) is 11.1 Å². The van der Waals surface area contributed by atoms with Gasteiger partial charge < -0.3 is 9.84 Å². The summed E-state index contributed by atoms with van der Waals surface area (Å²) in [6.07, 6.45) is 0.768. The third kappa shape index (κ3) is 2.92. The van der Waals surface area contributed by atoms with Crippen LogP contribution in [-0.4, -0.2) is 35.8 Å². The fourth-order valence-corrected chi connectivity index (χ4v) is 4.31. The molecule has 0 saturated carbocycles. The molecule has 1 aromatic rings. The molecule has 1 aromatic carbocycles. The Kier molecular flexibility index (Phi) is 4.17. The molecule has 1 fully saturated rings. The molecule has 4 atom stereocenters. The normalized spacial score (nSPS) is 33.4. The summed E-state index contributed by atoms with van der Waals surface area (Å²) in [5, 5.41) is 11.2. The van der Waals surface area contributed by atoms with Crippen LogP contribution in [0, 0.1) is 18.8 Å². The molecule has 0 spiro atoms. The van der Waals surface area contributed by atoms with Crippen LogP contribution in [0.15, 0.2) is 12.1 Å². The standard InChI is InChI=1S/C17H24ClNO2/c1-10-5-13-16(19-7-11(2)4-12(3)8-19)15(20)9-21-17(13)14(18)6-10/h5-6,11-12,15-16,20H,4,7-9H2,1-3H3. The van der Waals surface area contributed by atoms with E-state index in [1.807, 2.05) is 13.0 Å². The summed E-state index contributed by atoms with van der Waals surface area (Å²) >= 11 is 6.33. The Morgan fingerprint density at radius 1 is 1.24 bits per heavy atom. The first kappa shape index (κ1) is 15.1. The first-order valence-electron chi connectivity index (χ1n) is 7.80. The minimum atomic E-state index is -0.493. The fourth-order valence-electron chi connectivity index (χ4n) is 3.97. The van der Waals surface area contributed by atoms with Crippen molar-refractivity contribution in [3.63, 3.8) is 0 Å². The van der Waals surface area contributed by atoms with E-state index in [-0.39, 0.29) is 6.04 Å². The zero-order chi connectivity index (χ0) is 15.1. The van der Waals surface area contributed by atoms with Gasteiger partial charge in [0.15, 0.2) is 0 Å². The van der Waals surface area contributed by atoms with Crippen LogP contribution in [0.1, 0.15) is 37.4 Å². The number of hydrogen-bond acceptors (Lipinski definition) is 3. The molecule has 2 aliphatic rings. The zero-order valence-electron chi connectivity index (χ0n) is 13.0. The van der Waals surface area contributed by atoms with Crippen molar-refractivity contribution in [3.8, 4) is 5.75 Å². The van der Waals surface area contributed by atoms with E-state index in [2.05, 4.69) is 24.8 Å². The number of piperidine rings is 1. The fraction of sp³-hybridized carbons (Fsp3) is 0.647. The molecular formula is C17H24ClNO2. The minimum Gasteiger partial charge on any atom is -0.489 e. The number of halogens is 1. The summed E-state index contributed by atoms with van der Waals surface area (Å²) in [7, 11) is 0. The van der Waals surface area contributed by atoms with Gasteiger partial charge in [-0.05, 0) is 36.8 Å². The highest BCUT2D eigenvalue weighted by atomic mass is 35.5. The Labute approximate surface area is 131 Å². The molecule has 4 unspecified atom stereocenters. The van der Waals surface area contributed by atoms with Crippen molar-refractivity contribution in [1.29, 1.82) is 0 Å². The van der Waals surface area contributed by atoms with E-state index in [1.165, 1.54) is 6.42 Å². The number of hydrogen-bond donors (Lipinski definition) is 1. The Morgan fingerprint density at radius 3 is 2.57 bits per heavy atom. The number of benzene rings is 1. The quantitative estimate of drug-likeness (QED) is 0.863. The van der Waals surface area contributed by atoms with E-state index < -0.39 is 6.10 Å². The van der Waals surface area contributed by atoms with Crippen LogP contribution >= 0.6 is 11.6 Å². The maximum Gasteiger partial charge on any atom is 0.142 e. The largest absolute Gasteiger partial charge is 0.489 e. The van der Waals surface area contributed by atoms with Crippen LogP contribution in [0.3, 0.4) is 0 Å². The highest BCUT2D eigenvalue weighted by molar-refractivity contribution is 6.32. The van der Waals surface area contributed by atoms with Crippen LogP contribution in [0.2, 0.25) is 5.02 Å². The van der Waals surface area contributed by atoms with Crippen molar-refractivity contribution in [1.82, 2.24) is 4.90 Å². The Hall–Kier alpha value is -0.770. The summed E-state index contributed by atoms with van der Waals surface area (Å²) in [5.41, 5.74) is 2.15. The molecule has 2 heterocycles. The lowest BCUT2D eigenvalue weighted by Crippen LogP contribution is -2.48. The van der Waals surface area contributed by atoms with Gasteiger partial charge in [-0.1, -0.05) is 31.5 Å². The number of aryl methyl sites for hydroxylation is 1. The van der Waals surface area contributed by atoms with Gasteiger partial charge in [0.25, 0.3) is 0 Å². The summed E-state index contributed by atoms with van der Waals surface area (Å²) in [6.45, 7) is 8.98. The van der Waals surface area contributed by atoms with Gasteiger partial charge in [-0.25, -0.2) is 0 Å². The van der Waals surface area contributed by atoms with Crippen molar-refractivity contribution < 1.29 is 9.84 Å². The SMILES string of the molecule is Cc1cc(Cl)c2c(c1)C(N1CC(C)CC(C)C1)C(O)CO2. The van der Waals surface area contributed by atoms with Gasteiger partial charge >= 0.3 is 0 Å². The van der Waals surface area contributed by atoms with Gasteiger partial charge in [-0.2, -0.15) is 0 Å². The molecule has 0 bridgehead atoms. The molecule has 0 aromatic heterocycles. The number of likely N-dealkylation sites (tertiary alicyclic amines) is 1. The van der Waals surface area contributed by atoms with Crippen LogP contribution in [0.4, 0.5) is 0 Å². The van der Waals surface area contributed by atoms with E-state index in [4.69, 9.17) is 16.3 Å². The third-order valence-electron chi connectivity index (χ3n) is 4.59. The van der Waals surface area contributed by atoms with Gasteiger partial charge in [-0.15, -0.1) is 0 Å². The minimum absolute atomic E-state index is 0.00338. The summed E-state index contributed by atoms with van der Waals surface area (Å²) in [5.74, 6) is 2.07. The lowest BCUT2D eigenvalue weighted by atomic mass is 9.87. The number of ether oxygens (including phenoxy) is 1. The molecule has 0 amide bonds. The molecule has 0 aliphatic carbocycles. The molecule has 116 valence electrons. The average Bonchev–Trinajstić information content (AvgIpc) is 2.36. The molecule has 1 N–H and O–H groups in total. The lowest BCUT2D eigenvalue weighted by Gasteiger charge is -2.44. The second-order valence-electron chi connectivity index (χ2n) is 6.89. The molecular weight excluding hydrogens is 286 g/mol. The highest BCUT2D eigenvalue weighted by Gasteiger charge is 2.38. The summed E-state index contributed by atoms with van der Waals surface area (Å²) in [4.78, 5) is 2.42. The molecule has 3 rings (SSSR count). The Balaban J connectivity index is 1.99. The number of aliphatic hydroxyl groups is 1. The second kappa shape index (κ2) is 5.79. The van der Waals surface area contributed by atoms with Gasteiger partial charge in [0, 0.05) is 18.7 Å². The maximum absolute atomic E-state index is 10.5. The van der Waals surface area contributed by atoms with E-state index in [1.54, 1.807) is 0 Å². The van der Waals surface area contributed by atoms with Crippen molar-refractivity contribution in [2.24, 2.45) is 11.8 Å². The maximum atomic E-state index is 10.5. The van der Waals surface area contributed by atoms with Gasteiger partial charge in [-0.3, -0.25) is 4.90 Å². The number of aliphatic hydroxyl groups excluding tert-OH is 1. The lowest BCUT2D eigenvalue weighted by molar-refractivity contribution is -0.0230. The third-order valence-corrected chi connectivity index (χ3v) is 4.87. The molecule has 4 heteroatoms. The van der Waals surface area contributed by atoms with Crippen molar-refractivity contribution in [2.75, 3.05) is 19.7 Å². The average molecular weight is 310 g/mol. The second-order valence-corrected chi connectivity index (χ2v) is 7.30. The van der Waals surface area contributed by atoms with E-state index in [0.29, 0.717) is 23.5 Å². The number of nitrogens with zero attached hydrogens (tertiary/aromatic N) is 1. The first-order valence-corrected chi connectivity index (χ1v) is 8.18. The van der Waals surface area contributed by atoms with Crippen LogP contribution in [0.5, 0.6) is 5.75 Å². The predicted octanol–water partition coefficient (Wildman–Crippen LogP) is 3.42. The number of fused-ring (bicyclic) bond motifs is 1. The zero-order valence-corrected chi connectivity index (χ0v) is 13.7. The molecule has 21 heavy (non-hydrogen) atoms. The first-order chi connectivity index (χ1) is 9.95.